The molecule has 44 heavy (non-hydrogen) atoms. The molecule has 4 aromatic rings. The lowest BCUT2D eigenvalue weighted by Gasteiger charge is -2.37. The maximum atomic E-state index is 13.8. The summed E-state index contributed by atoms with van der Waals surface area (Å²) in [6.45, 7) is 3.56. The van der Waals surface area contributed by atoms with E-state index >= 15 is 0 Å². The SMILES string of the molecule is CC1(C)CC(=O)C2=C(C1)Nc1[nH]n(-c3ccccc3)c(=O)c1[C@@H]2c1ccc(OC(=O)CN2C(=O)c3ccccc3C2=O)cc1. The Hall–Kier alpha value is -5.51. The number of imide groups is 1. The number of aromatic amines is 1. The number of anilines is 1. The summed E-state index contributed by atoms with van der Waals surface area (Å²) in [6.07, 6.45) is 0.986. The predicted molar refractivity (Wildman–Crippen MR) is 161 cm³/mol. The molecule has 0 radical (unpaired) electrons. The van der Waals surface area contributed by atoms with Crippen LogP contribution in [0.2, 0.25) is 0 Å². The quantitative estimate of drug-likeness (QED) is 0.198. The summed E-state index contributed by atoms with van der Waals surface area (Å²) in [6, 6.07) is 22.2. The van der Waals surface area contributed by atoms with E-state index < -0.39 is 30.2 Å². The Labute approximate surface area is 251 Å². The topological polar surface area (TPSA) is 131 Å². The lowest BCUT2D eigenvalue weighted by atomic mass is 9.69. The third-order valence-corrected chi connectivity index (χ3v) is 8.32. The van der Waals surface area contributed by atoms with Crippen LogP contribution in [-0.2, 0) is 9.59 Å². The number of Topliss-reactive ketones (excluding diaryl/α,β-unsaturated/α-hetero) is 1. The summed E-state index contributed by atoms with van der Waals surface area (Å²) in [4.78, 5) is 66.4. The highest BCUT2D eigenvalue weighted by molar-refractivity contribution is 6.22. The van der Waals surface area contributed by atoms with Gasteiger partial charge in [-0.25, -0.2) is 9.48 Å². The van der Waals surface area contributed by atoms with Gasteiger partial charge < -0.3 is 10.1 Å². The molecule has 10 heteroatoms. The average Bonchev–Trinajstić information content (AvgIpc) is 3.45. The third kappa shape index (κ3) is 4.46. The number of allylic oxidation sites excluding steroid dienone is 2. The molecule has 0 fully saturated rings. The minimum atomic E-state index is -0.775. The van der Waals surface area contributed by atoms with Crippen molar-refractivity contribution in [1.82, 2.24) is 14.7 Å². The normalized spacial score (nSPS) is 18.5. The van der Waals surface area contributed by atoms with Gasteiger partial charge >= 0.3 is 5.97 Å². The van der Waals surface area contributed by atoms with Gasteiger partial charge in [-0.15, -0.1) is 0 Å². The molecule has 0 unspecified atom stereocenters. The lowest BCUT2D eigenvalue weighted by molar-refractivity contribution is -0.134. The number of esters is 1. The third-order valence-electron chi connectivity index (χ3n) is 8.32. The van der Waals surface area contributed by atoms with Gasteiger partial charge in [-0.1, -0.05) is 56.3 Å². The molecule has 0 bridgehead atoms. The highest BCUT2D eigenvalue weighted by Crippen LogP contribution is 2.48. The van der Waals surface area contributed by atoms with Crippen molar-refractivity contribution in [2.24, 2.45) is 5.41 Å². The first-order chi connectivity index (χ1) is 21.1. The molecule has 3 aliphatic rings. The maximum Gasteiger partial charge on any atom is 0.331 e. The van der Waals surface area contributed by atoms with E-state index in [0.717, 1.165) is 10.6 Å². The molecule has 3 aromatic carbocycles. The zero-order valence-corrected chi connectivity index (χ0v) is 24.0. The Morgan fingerprint density at radius 1 is 0.864 bits per heavy atom. The van der Waals surface area contributed by atoms with Crippen LogP contribution < -0.4 is 15.6 Å². The van der Waals surface area contributed by atoms with Gasteiger partial charge in [-0.2, -0.15) is 0 Å². The minimum Gasteiger partial charge on any atom is -0.425 e. The van der Waals surface area contributed by atoms with Gasteiger partial charge in [0.1, 0.15) is 18.1 Å². The second-order valence-electron chi connectivity index (χ2n) is 12.1. The maximum absolute atomic E-state index is 13.8. The molecule has 10 nitrogen and oxygen atoms in total. The zero-order valence-electron chi connectivity index (χ0n) is 24.0. The highest BCUT2D eigenvalue weighted by Gasteiger charge is 2.43. The van der Waals surface area contributed by atoms with Gasteiger partial charge in [-0.3, -0.25) is 29.2 Å². The van der Waals surface area contributed by atoms with Crippen molar-refractivity contribution in [3.05, 3.63) is 123 Å². The van der Waals surface area contributed by atoms with Gasteiger partial charge in [0, 0.05) is 23.6 Å². The molecule has 2 aliphatic heterocycles. The highest BCUT2D eigenvalue weighted by atomic mass is 16.5. The molecule has 2 N–H and O–H groups in total. The monoisotopic (exact) mass is 588 g/mol. The first-order valence-corrected chi connectivity index (χ1v) is 14.3. The first kappa shape index (κ1) is 27.3. The van der Waals surface area contributed by atoms with E-state index in [2.05, 4.69) is 10.4 Å². The Morgan fingerprint density at radius 3 is 2.16 bits per heavy atom. The van der Waals surface area contributed by atoms with Crippen LogP contribution in [0.15, 0.2) is 94.9 Å². The van der Waals surface area contributed by atoms with Gasteiger partial charge in [-0.05, 0) is 53.8 Å². The fourth-order valence-corrected chi connectivity index (χ4v) is 6.39. The van der Waals surface area contributed by atoms with Gasteiger partial charge in [0.25, 0.3) is 17.4 Å². The van der Waals surface area contributed by atoms with Crippen molar-refractivity contribution in [2.75, 3.05) is 11.9 Å². The van der Waals surface area contributed by atoms with E-state index in [1.54, 1.807) is 48.5 Å². The fourth-order valence-electron chi connectivity index (χ4n) is 6.39. The van der Waals surface area contributed by atoms with Crippen LogP contribution in [0.4, 0.5) is 5.82 Å². The summed E-state index contributed by atoms with van der Waals surface area (Å²) in [5.41, 5.74) is 3.10. The number of hydrogen-bond donors (Lipinski definition) is 2. The van der Waals surface area contributed by atoms with E-state index in [4.69, 9.17) is 4.74 Å². The number of fused-ring (bicyclic) bond motifs is 2. The Kier molecular flexibility index (Phi) is 6.24. The number of carbonyl (C=O) groups is 4. The number of nitrogens with one attached hydrogen (secondary N) is 2. The number of nitrogens with zero attached hydrogens (tertiary/aromatic N) is 2. The summed E-state index contributed by atoms with van der Waals surface area (Å²) >= 11 is 0. The van der Waals surface area contributed by atoms with Crippen LogP contribution in [-0.4, -0.2) is 44.8 Å². The van der Waals surface area contributed by atoms with E-state index in [0.29, 0.717) is 41.0 Å². The van der Waals surface area contributed by atoms with Crippen molar-refractivity contribution in [1.29, 1.82) is 0 Å². The van der Waals surface area contributed by atoms with Crippen molar-refractivity contribution < 1.29 is 23.9 Å². The molecule has 3 heterocycles. The van der Waals surface area contributed by atoms with E-state index in [1.165, 1.54) is 4.68 Å². The molecular formula is C34H28N4O6. The molecular weight excluding hydrogens is 560 g/mol. The second kappa shape index (κ2) is 10.0. The molecule has 7 rings (SSSR count). The Bertz CT molecular complexity index is 1930. The van der Waals surface area contributed by atoms with Crippen LogP contribution in [0.1, 0.15) is 64.4 Å². The number of ketones is 1. The molecule has 220 valence electrons. The minimum absolute atomic E-state index is 0.0253. The summed E-state index contributed by atoms with van der Waals surface area (Å²) in [7, 11) is 0. The fraction of sp³-hybridized carbons (Fsp3) is 0.206. The van der Waals surface area contributed by atoms with Gasteiger partial charge in [0.2, 0.25) is 0 Å². The number of para-hydroxylation sites is 1. The molecule has 1 atom stereocenters. The van der Waals surface area contributed by atoms with E-state index in [-0.39, 0.29) is 33.6 Å². The Morgan fingerprint density at radius 2 is 1.50 bits per heavy atom. The zero-order chi connectivity index (χ0) is 30.7. The number of amides is 2. The molecule has 2 amide bonds. The van der Waals surface area contributed by atoms with Crippen molar-refractivity contribution >= 4 is 29.4 Å². The molecule has 0 saturated carbocycles. The number of rotatable bonds is 5. The smallest absolute Gasteiger partial charge is 0.331 e. The van der Waals surface area contributed by atoms with E-state index in [1.807, 2.05) is 44.2 Å². The Balaban J connectivity index is 1.19. The number of H-pyrrole nitrogens is 1. The van der Waals surface area contributed by atoms with Crippen molar-refractivity contribution in [2.45, 2.75) is 32.6 Å². The van der Waals surface area contributed by atoms with Crippen LogP contribution in [0.3, 0.4) is 0 Å². The standard InChI is InChI=1S/C34H28N4O6/c1-34(2)16-24-28(25(39)17-34)27(29-30(35-24)36-38(33(29)43)20-8-4-3-5-9-20)19-12-14-21(15-13-19)44-26(40)18-37-31(41)22-10-6-7-11-23(22)32(37)42/h3-15,27,35-36H,16-18H2,1-2H3/t27-/m1/s1. The molecule has 0 saturated heterocycles. The average molecular weight is 589 g/mol. The number of carbonyl (C=O) groups excluding carboxylic acids is 4. The van der Waals surface area contributed by atoms with Crippen molar-refractivity contribution in [3.8, 4) is 11.4 Å². The van der Waals surface area contributed by atoms with E-state index in [9.17, 15) is 24.0 Å². The second-order valence-corrected chi connectivity index (χ2v) is 12.1. The van der Waals surface area contributed by atoms with Crippen LogP contribution in [0.25, 0.3) is 5.69 Å². The van der Waals surface area contributed by atoms with Crippen LogP contribution in [0, 0.1) is 5.41 Å². The predicted octanol–water partition coefficient (Wildman–Crippen LogP) is 4.57. The number of ether oxygens (including phenoxy) is 1. The number of benzene rings is 3. The molecule has 0 spiro atoms. The summed E-state index contributed by atoms with van der Waals surface area (Å²) in [5.74, 6) is -1.80. The molecule has 1 aliphatic carbocycles. The number of aromatic nitrogens is 2. The van der Waals surface area contributed by atoms with Gasteiger partial charge in [0.15, 0.2) is 5.78 Å². The van der Waals surface area contributed by atoms with Crippen LogP contribution >= 0.6 is 0 Å². The van der Waals surface area contributed by atoms with Gasteiger partial charge in [0.05, 0.1) is 22.4 Å². The van der Waals surface area contributed by atoms with Crippen molar-refractivity contribution in [3.63, 3.8) is 0 Å². The molecule has 1 aromatic heterocycles. The summed E-state index contributed by atoms with van der Waals surface area (Å²) < 4.78 is 6.94. The largest absolute Gasteiger partial charge is 0.425 e. The van der Waals surface area contributed by atoms with Crippen LogP contribution in [0.5, 0.6) is 5.75 Å². The number of hydrogen-bond acceptors (Lipinski definition) is 7. The summed E-state index contributed by atoms with van der Waals surface area (Å²) in [5, 5.41) is 6.55. The first-order valence-electron chi connectivity index (χ1n) is 14.3. The lowest BCUT2D eigenvalue weighted by Crippen LogP contribution is -2.36.